The quantitative estimate of drug-likeness (QED) is 0.643. The maximum Gasteiger partial charge on any atom is 0.191 e. The van der Waals surface area contributed by atoms with Crippen molar-refractivity contribution in [1.29, 1.82) is 0 Å². The molecule has 6 heteroatoms. The van der Waals surface area contributed by atoms with Crippen molar-refractivity contribution in [2.24, 2.45) is 0 Å². The van der Waals surface area contributed by atoms with E-state index in [0.29, 0.717) is 0 Å². The summed E-state index contributed by atoms with van der Waals surface area (Å²) in [6.07, 6.45) is 5.94. The topological polar surface area (TPSA) is 44.3 Å². The van der Waals surface area contributed by atoms with Gasteiger partial charge in [0.15, 0.2) is 5.16 Å². The van der Waals surface area contributed by atoms with Crippen LogP contribution in [0.25, 0.3) is 0 Å². The van der Waals surface area contributed by atoms with Crippen LogP contribution in [0.3, 0.4) is 0 Å². The number of thioether (sulfide) groups is 1. The minimum absolute atomic E-state index is 0.857. The predicted octanol–water partition coefficient (Wildman–Crippen LogP) is 2.30. The highest BCUT2D eigenvalue weighted by molar-refractivity contribution is 7.98. The lowest BCUT2D eigenvalue weighted by Gasteiger charge is -2.35. The summed E-state index contributed by atoms with van der Waals surface area (Å²) in [5.41, 5.74) is 0. The number of hydrogen-bond donors (Lipinski definition) is 1. The zero-order chi connectivity index (χ0) is 14.7. The Kier molecular flexibility index (Phi) is 4.85. The number of hydrogen-bond acceptors (Lipinski definition) is 6. The summed E-state index contributed by atoms with van der Waals surface area (Å²) in [6, 6.07) is 2.98. The number of anilines is 2. The van der Waals surface area contributed by atoms with Gasteiger partial charge >= 0.3 is 0 Å². The highest BCUT2D eigenvalue weighted by Gasteiger charge is 2.31. The van der Waals surface area contributed by atoms with Crippen molar-refractivity contribution in [1.82, 2.24) is 14.9 Å². The molecule has 0 radical (unpaired) electrons. The molecule has 3 rings (SSSR count). The van der Waals surface area contributed by atoms with Gasteiger partial charge in [0.2, 0.25) is 0 Å². The molecule has 0 amide bonds. The molecule has 2 heterocycles. The molecule has 21 heavy (non-hydrogen) atoms. The van der Waals surface area contributed by atoms with Crippen molar-refractivity contribution in [3.63, 3.8) is 0 Å². The SMILES string of the molecule is CCCNc1cc(N2CCN(C3CC3)CC2)nc(SC)n1. The summed E-state index contributed by atoms with van der Waals surface area (Å²) in [5.74, 6) is 2.03. The average Bonchev–Trinajstić information content (AvgIpc) is 3.37. The second-order valence-corrected chi connectivity index (χ2v) is 6.55. The van der Waals surface area contributed by atoms with Gasteiger partial charge in [-0.05, 0) is 25.5 Å². The fraction of sp³-hybridized carbons (Fsp3) is 0.733. The average molecular weight is 307 g/mol. The molecule has 1 saturated carbocycles. The second kappa shape index (κ2) is 6.83. The standard InChI is InChI=1S/C15H25N5S/c1-3-6-16-13-11-14(18-15(17-13)21-2)20-9-7-19(8-10-20)12-4-5-12/h11-12H,3-10H2,1-2H3,(H,16,17,18). The first-order chi connectivity index (χ1) is 10.3. The van der Waals surface area contributed by atoms with Crippen molar-refractivity contribution in [2.45, 2.75) is 37.4 Å². The Morgan fingerprint density at radius 3 is 2.62 bits per heavy atom. The van der Waals surface area contributed by atoms with E-state index < -0.39 is 0 Å². The molecule has 0 spiro atoms. The van der Waals surface area contributed by atoms with Crippen LogP contribution in [-0.4, -0.2) is 59.9 Å². The van der Waals surface area contributed by atoms with Crippen molar-refractivity contribution < 1.29 is 0 Å². The fourth-order valence-corrected chi connectivity index (χ4v) is 3.14. The predicted molar refractivity (Wildman–Crippen MR) is 89.4 cm³/mol. The van der Waals surface area contributed by atoms with Gasteiger partial charge in [0.05, 0.1) is 0 Å². The van der Waals surface area contributed by atoms with E-state index in [1.807, 2.05) is 6.26 Å². The number of piperazine rings is 1. The Bertz CT molecular complexity index is 469. The molecule has 2 aliphatic rings. The molecule has 1 aromatic heterocycles. The van der Waals surface area contributed by atoms with Crippen LogP contribution in [0.4, 0.5) is 11.6 Å². The molecule has 2 fully saturated rings. The van der Waals surface area contributed by atoms with E-state index in [-0.39, 0.29) is 0 Å². The van der Waals surface area contributed by atoms with E-state index in [2.05, 4.69) is 38.1 Å². The second-order valence-electron chi connectivity index (χ2n) is 5.78. The van der Waals surface area contributed by atoms with E-state index in [1.54, 1.807) is 11.8 Å². The molecule has 0 aromatic carbocycles. The third kappa shape index (κ3) is 3.80. The van der Waals surface area contributed by atoms with Gasteiger partial charge in [0.25, 0.3) is 0 Å². The van der Waals surface area contributed by atoms with Crippen LogP contribution in [0.2, 0.25) is 0 Å². The Morgan fingerprint density at radius 1 is 1.24 bits per heavy atom. The van der Waals surface area contributed by atoms with E-state index in [4.69, 9.17) is 0 Å². The Labute approximate surface area is 131 Å². The molecule has 1 aliphatic carbocycles. The van der Waals surface area contributed by atoms with E-state index in [0.717, 1.165) is 48.9 Å². The van der Waals surface area contributed by atoms with Gasteiger partial charge in [-0.3, -0.25) is 4.90 Å². The van der Waals surface area contributed by atoms with Gasteiger partial charge in [-0.2, -0.15) is 0 Å². The molecule has 116 valence electrons. The summed E-state index contributed by atoms with van der Waals surface area (Å²) >= 11 is 1.61. The maximum absolute atomic E-state index is 4.69. The summed E-state index contributed by atoms with van der Waals surface area (Å²) < 4.78 is 0. The van der Waals surface area contributed by atoms with Crippen molar-refractivity contribution in [2.75, 3.05) is 49.2 Å². The van der Waals surface area contributed by atoms with Crippen LogP contribution in [0.1, 0.15) is 26.2 Å². The monoisotopic (exact) mass is 307 g/mol. The van der Waals surface area contributed by atoms with Crippen LogP contribution < -0.4 is 10.2 Å². The normalized spacial score (nSPS) is 19.8. The van der Waals surface area contributed by atoms with E-state index >= 15 is 0 Å². The fourth-order valence-electron chi connectivity index (χ4n) is 2.77. The Balaban J connectivity index is 1.68. The van der Waals surface area contributed by atoms with Crippen molar-refractivity contribution in [3.05, 3.63) is 6.07 Å². The lowest BCUT2D eigenvalue weighted by molar-refractivity contribution is 0.247. The molecule has 5 nitrogen and oxygen atoms in total. The largest absolute Gasteiger partial charge is 0.370 e. The molecule has 1 aromatic rings. The lowest BCUT2D eigenvalue weighted by Crippen LogP contribution is -2.47. The van der Waals surface area contributed by atoms with Crippen molar-refractivity contribution >= 4 is 23.4 Å². The van der Waals surface area contributed by atoms with Gasteiger partial charge < -0.3 is 10.2 Å². The molecule has 0 atom stereocenters. The van der Waals surface area contributed by atoms with Gasteiger partial charge in [0, 0.05) is 44.8 Å². The van der Waals surface area contributed by atoms with Gasteiger partial charge in [-0.15, -0.1) is 0 Å². The number of nitrogens with one attached hydrogen (secondary N) is 1. The first-order valence-electron chi connectivity index (χ1n) is 7.96. The molecular formula is C15H25N5S. The molecular weight excluding hydrogens is 282 g/mol. The van der Waals surface area contributed by atoms with Crippen molar-refractivity contribution in [3.8, 4) is 0 Å². The molecule has 0 bridgehead atoms. The highest BCUT2D eigenvalue weighted by atomic mass is 32.2. The van der Waals surface area contributed by atoms with Crippen LogP contribution in [0.5, 0.6) is 0 Å². The molecule has 1 N–H and O–H groups in total. The van der Waals surface area contributed by atoms with Gasteiger partial charge in [-0.1, -0.05) is 18.7 Å². The van der Waals surface area contributed by atoms with Crippen LogP contribution >= 0.6 is 11.8 Å². The summed E-state index contributed by atoms with van der Waals surface area (Å²) in [7, 11) is 0. The number of nitrogens with zero attached hydrogens (tertiary/aromatic N) is 4. The first-order valence-corrected chi connectivity index (χ1v) is 9.18. The molecule has 1 aliphatic heterocycles. The minimum Gasteiger partial charge on any atom is -0.370 e. The number of rotatable bonds is 6. The number of aromatic nitrogens is 2. The third-order valence-electron chi connectivity index (χ3n) is 4.13. The Morgan fingerprint density at radius 2 is 2.00 bits per heavy atom. The first kappa shape index (κ1) is 14.9. The van der Waals surface area contributed by atoms with Gasteiger partial charge in [0.1, 0.15) is 11.6 Å². The lowest BCUT2D eigenvalue weighted by atomic mass is 10.3. The highest BCUT2D eigenvalue weighted by Crippen LogP contribution is 2.28. The van der Waals surface area contributed by atoms with Crippen LogP contribution in [-0.2, 0) is 0 Å². The zero-order valence-corrected chi connectivity index (χ0v) is 13.8. The summed E-state index contributed by atoms with van der Waals surface area (Å²) in [5, 5.41) is 4.24. The molecule has 1 saturated heterocycles. The summed E-state index contributed by atoms with van der Waals surface area (Å²) in [4.78, 5) is 14.3. The van der Waals surface area contributed by atoms with Crippen LogP contribution in [0, 0.1) is 0 Å². The van der Waals surface area contributed by atoms with Gasteiger partial charge in [-0.25, -0.2) is 9.97 Å². The van der Waals surface area contributed by atoms with E-state index in [9.17, 15) is 0 Å². The minimum atomic E-state index is 0.857. The molecule has 0 unspecified atom stereocenters. The Hall–Kier alpha value is -1.01. The van der Waals surface area contributed by atoms with Crippen LogP contribution in [0.15, 0.2) is 11.2 Å². The summed E-state index contributed by atoms with van der Waals surface area (Å²) in [6.45, 7) is 7.62. The smallest absolute Gasteiger partial charge is 0.191 e. The van der Waals surface area contributed by atoms with E-state index in [1.165, 1.54) is 25.9 Å². The maximum atomic E-state index is 4.69. The zero-order valence-electron chi connectivity index (χ0n) is 13.0. The third-order valence-corrected chi connectivity index (χ3v) is 4.68.